The fourth-order valence-electron chi connectivity index (χ4n) is 2.55. The first-order chi connectivity index (χ1) is 11.1. The highest BCUT2D eigenvalue weighted by Gasteiger charge is 2.34. The number of benzene rings is 1. The highest BCUT2D eigenvalue weighted by atomic mass is 19.1. The van der Waals surface area contributed by atoms with E-state index in [0.717, 1.165) is 0 Å². The summed E-state index contributed by atoms with van der Waals surface area (Å²) in [5.41, 5.74) is 0.247. The van der Waals surface area contributed by atoms with Gasteiger partial charge in [0, 0.05) is 13.0 Å². The van der Waals surface area contributed by atoms with Gasteiger partial charge in [-0.05, 0) is 18.6 Å². The van der Waals surface area contributed by atoms with E-state index in [2.05, 4.69) is 15.4 Å². The Morgan fingerprint density at radius 3 is 2.96 bits per heavy atom. The Morgan fingerprint density at radius 1 is 1.39 bits per heavy atom. The van der Waals surface area contributed by atoms with Crippen molar-refractivity contribution >= 4 is 17.5 Å². The topological polar surface area (TPSA) is 80.1 Å². The number of rotatable bonds is 5. The van der Waals surface area contributed by atoms with Crippen LogP contribution in [0.15, 0.2) is 36.9 Å². The summed E-state index contributed by atoms with van der Waals surface area (Å²) in [5.74, 6) is -0.975. The van der Waals surface area contributed by atoms with Crippen LogP contribution in [0.2, 0.25) is 0 Å². The molecule has 2 aromatic rings. The second kappa shape index (κ2) is 6.55. The van der Waals surface area contributed by atoms with Gasteiger partial charge in [-0.25, -0.2) is 9.37 Å². The molecule has 0 radical (unpaired) electrons. The summed E-state index contributed by atoms with van der Waals surface area (Å²) in [6, 6.07) is 5.51. The molecule has 3 rings (SSSR count). The summed E-state index contributed by atoms with van der Waals surface area (Å²) in [7, 11) is 0. The maximum absolute atomic E-state index is 13.8. The predicted molar refractivity (Wildman–Crippen MR) is 79.9 cm³/mol. The monoisotopic (exact) mass is 317 g/mol. The highest BCUT2D eigenvalue weighted by molar-refractivity contribution is 6.01. The van der Waals surface area contributed by atoms with Crippen LogP contribution in [0.5, 0.6) is 0 Å². The number of carbonyl (C=O) groups is 2. The normalized spacial score (nSPS) is 17.5. The van der Waals surface area contributed by atoms with E-state index in [9.17, 15) is 14.0 Å². The van der Waals surface area contributed by atoms with Gasteiger partial charge in [-0.1, -0.05) is 12.1 Å². The zero-order valence-electron chi connectivity index (χ0n) is 12.4. The minimum Gasteiger partial charge on any atom is -0.344 e. The molecule has 23 heavy (non-hydrogen) atoms. The lowest BCUT2D eigenvalue weighted by Crippen LogP contribution is -2.42. The average molecular weight is 317 g/mol. The van der Waals surface area contributed by atoms with Gasteiger partial charge in [0.25, 0.3) is 0 Å². The van der Waals surface area contributed by atoms with E-state index >= 15 is 0 Å². The van der Waals surface area contributed by atoms with Crippen LogP contribution in [0, 0.1) is 5.82 Å². The van der Waals surface area contributed by atoms with Crippen LogP contribution in [0.25, 0.3) is 0 Å². The number of hydrogen-bond donors (Lipinski definition) is 1. The maximum Gasteiger partial charge on any atom is 0.249 e. The molecule has 2 heterocycles. The Hall–Kier alpha value is -2.77. The number of aromatic nitrogens is 3. The quantitative estimate of drug-likeness (QED) is 0.881. The number of anilines is 1. The van der Waals surface area contributed by atoms with Gasteiger partial charge < -0.3 is 10.2 Å². The van der Waals surface area contributed by atoms with E-state index in [-0.39, 0.29) is 23.9 Å². The first-order valence-corrected chi connectivity index (χ1v) is 7.33. The maximum atomic E-state index is 13.8. The summed E-state index contributed by atoms with van der Waals surface area (Å²) in [6.45, 7) is 0.775. The van der Waals surface area contributed by atoms with Crippen molar-refractivity contribution in [3.8, 4) is 0 Å². The largest absolute Gasteiger partial charge is 0.344 e. The van der Waals surface area contributed by atoms with Gasteiger partial charge in [0.2, 0.25) is 11.8 Å². The molecule has 7 nitrogen and oxygen atoms in total. The molecule has 0 bridgehead atoms. The van der Waals surface area contributed by atoms with Crippen molar-refractivity contribution in [1.82, 2.24) is 20.1 Å². The Labute approximate surface area is 132 Å². The van der Waals surface area contributed by atoms with Crippen LogP contribution in [-0.4, -0.2) is 39.2 Å². The third-order valence-corrected chi connectivity index (χ3v) is 3.72. The summed E-state index contributed by atoms with van der Waals surface area (Å²) in [6.07, 6.45) is 3.58. The number of aryl methyl sites for hydroxylation is 1. The Morgan fingerprint density at radius 2 is 2.22 bits per heavy atom. The molecular weight excluding hydrogens is 301 g/mol. The van der Waals surface area contributed by atoms with Crippen LogP contribution >= 0.6 is 0 Å². The highest BCUT2D eigenvalue weighted by Crippen LogP contribution is 2.24. The van der Waals surface area contributed by atoms with Crippen LogP contribution in [-0.2, 0) is 16.1 Å². The molecule has 0 spiro atoms. The molecule has 2 amide bonds. The molecule has 1 aliphatic heterocycles. The number of halogens is 1. The van der Waals surface area contributed by atoms with Gasteiger partial charge in [0.05, 0.1) is 12.2 Å². The van der Waals surface area contributed by atoms with Crippen LogP contribution < -0.4 is 10.2 Å². The summed E-state index contributed by atoms with van der Waals surface area (Å²) in [5, 5.41) is 6.60. The van der Waals surface area contributed by atoms with E-state index in [1.807, 2.05) is 0 Å². The number of hydrogen-bond acceptors (Lipinski definition) is 4. The zero-order valence-corrected chi connectivity index (χ0v) is 12.4. The second-order valence-corrected chi connectivity index (χ2v) is 5.26. The van der Waals surface area contributed by atoms with E-state index in [0.29, 0.717) is 19.5 Å². The molecule has 1 aliphatic rings. The lowest BCUT2D eigenvalue weighted by atomic mass is 10.2. The van der Waals surface area contributed by atoms with Gasteiger partial charge in [-0.2, -0.15) is 5.10 Å². The molecule has 1 saturated heterocycles. The van der Waals surface area contributed by atoms with Crippen molar-refractivity contribution < 1.29 is 14.0 Å². The number of amides is 2. The molecular formula is C15H16FN5O2. The average Bonchev–Trinajstić information content (AvgIpc) is 3.17. The first-order valence-electron chi connectivity index (χ1n) is 7.33. The molecule has 8 heteroatoms. The van der Waals surface area contributed by atoms with Crippen LogP contribution in [0.4, 0.5) is 10.1 Å². The van der Waals surface area contributed by atoms with Gasteiger partial charge in [0.15, 0.2) is 0 Å². The van der Waals surface area contributed by atoms with Crippen molar-refractivity contribution in [1.29, 1.82) is 0 Å². The summed E-state index contributed by atoms with van der Waals surface area (Å²) < 4.78 is 15.3. The Bertz CT molecular complexity index is 704. The van der Waals surface area contributed by atoms with Crippen molar-refractivity contribution in [3.05, 3.63) is 42.7 Å². The fourth-order valence-corrected chi connectivity index (χ4v) is 2.55. The standard InChI is InChI=1S/C15H16FN5O2/c16-11-3-1-2-4-13(11)21-8-5-12(15(21)23)19-14(22)6-7-20-10-17-9-18-20/h1-4,9-10,12H,5-8H2,(H,19,22)/t12-/m1/s1. The number of para-hydroxylation sites is 1. The third kappa shape index (κ3) is 3.36. The molecule has 0 unspecified atom stereocenters. The first kappa shape index (κ1) is 15.1. The van der Waals surface area contributed by atoms with E-state index in [1.54, 1.807) is 22.9 Å². The van der Waals surface area contributed by atoms with Gasteiger partial charge >= 0.3 is 0 Å². The molecule has 1 aromatic heterocycles. The number of nitrogens with zero attached hydrogens (tertiary/aromatic N) is 4. The van der Waals surface area contributed by atoms with Crippen molar-refractivity contribution in [2.75, 3.05) is 11.4 Å². The van der Waals surface area contributed by atoms with E-state index < -0.39 is 11.9 Å². The minimum absolute atomic E-state index is 0.201. The zero-order chi connectivity index (χ0) is 16.2. The molecule has 0 saturated carbocycles. The summed E-state index contributed by atoms with van der Waals surface area (Å²) >= 11 is 0. The van der Waals surface area contributed by atoms with E-state index in [4.69, 9.17) is 0 Å². The molecule has 1 fully saturated rings. The van der Waals surface area contributed by atoms with Crippen molar-refractivity contribution in [2.45, 2.75) is 25.4 Å². The predicted octanol–water partition coefficient (Wildman–Crippen LogP) is 0.729. The smallest absolute Gasteiger partial charge is 0.249 e. The lowest BCUT2D eigenvalue weighted by Gasteiger charge is -2.17. The molecule has 0 aliphatic carbocycles. The fraction of sp³-hybridized carbons (Fsp3) is 0.333. The van der Waals surface area contributed by atoms with Crippen LogP contribution in [0.1, 0.15) is 12.8 Å². The molecule has 120 valence electrons. The third-order valence-electron chi connectivity index (χ3n) is 3.72. The van der Waals surface area contributed by atoms with Gasteiger partial charge in [-0.15, -0.1) is 0 Å². The minimum atomic E-state index is -0.613. The van der Waals surface area contributed by atoms with Crippen molar-refractivity contribution in [3.63, 3.8) is 0 Å². The second-order valence-electron chi connectivity index (χ2n) is 5.26. The van der Waals surface area contributed by atoms with Gasteiger partial charge in [0.1, 0.15) is 24.5 Å². The van der Waals surface area contributed by atoms with Gasteiger partial charge in [-0.3, -0.25) is 14.3 Å². The lowest BCUT2D eigenvalue weighted by molar-refractivity contribution is -0.126. The molecule has 1 aromatic carbocycles. The van der Waals surface area contributed by atoms with Crippen molar-refractivity contribution in [2.24, 2.45) is 0 Å². The van der Waals surface area contributed by atoms with E-state index in [1.165, 1.54) is 23.6 Å². The molecule has 1 atom stereocenters. The Balaban J connectivity index is 1.57. The Kier molecular flexibility index (Phi) is 4.31. The van der Waals surface area contributed by atoms with Crippen LogP contribution in [0.3, 0.4) is 0 Å². The number of nitrogens with one attached hydrogen (secondary N) is 1. The summed E-state index contributed by atoms with van der Waals surface area (Å²) in [4.78, 5) is 29.4. The number of carbonyl (C=O) groups excluding carboxylic acids is 2. The molecule has 1 N–H and O–H groups in total. The SMILES string of the molecule is O=C(CCn1cncn1)N[C@@H]1CCN(c2ccccc2F)C1=O.